The van der Waals surface area contributed by atoms with Gasteiger partial charge in [-0.05, 0) is 30.3 Å². The van der Waals surface area contributed by atoms with Gasteiger partial charge in [-0.3, -0.25) is 9.59 Å². The third-order valence-electron chi connectivity index (χ3n) is 2.73. The maximum absolute atomic E-state index is 13.0. The van der Waals surface area contributed by atoms with Crippen LogP contribution in [0.25, 0.3) is 0 Å². The van der Waals surface area contributed by atoms with Crippen molar-refractivity contribution < 1.29 is 23.1 Å². The fourth-order valence-corrected chi connectivity index (χ4v) is 1.79. The van der Waals surface area contributed by atoms with E-state index in [1.54, 1.807) is 24.3 Å². The number of nitrogens with one attached hydrogen (secondary N) is 2. The summed E-state index contributed by atoms with van der Waals surface area (Å²) in [7, 11) is 0. The molecule has 0 spiro atoms. The van der Waals surface area contributed by atoms with Gasteiger partial charge in [-0.15, -0.1) is 0 Å². The molecule has 2 N–H and O–H groups in total. The van der Waals surface area contributed by atoms with Crippen molar-refractivity contribution in [2.45, 2.75) is 6.92 Å². The summed E-state index contributed by atoms with van der Waals surface area (Å²) in [5.41, 5.74) is 1.01. The second-order valence-corrected chi connectivity index (χ2v) is 4.67. The van der Waals surface area contributed by atoms with E-state index in [1.165, 1.54) is 13.0 Å². The molecule has 0 saturated heterocycles. The van der Waals surface area contributed by atoms with E-state index in [0.29, 0.717) is 11.4 Å². The molecule has 0 aliphatic heterocycles. The predicted octanol–water partition coefficient (Wildman–Crippen LogP) is 2.94. The number of carbonyl (C=O) groups is 2. The molecule has 120 valence electrons. The Balaban J connectivity index is 1.91. The Kier molecular flexibility index (Phi) is 5.24. The van der Waals surface area contributed by atoms with E-state index < -0.39 is 17.5 Å². The average Bonchev–Trinajstić information content (AvgIpc) is 2.48. The molecular formula is C16H14F2N2O3. The van der Waals surface area contributed by atoms with Crippen LogP contribution in [0.2, 0.25) is 0 Å². The molecule has 0 fully saturated rings. The zero-order valence-electron chi connectivity index (χ0n) is 12.2. The van der Waals surface area contributed by atoms with E-state index >= 15 is 0 Å². The van der Waals surface area contributed by atoms with Gasteiger partial charge in [0.2, 0.25) is 5.91 Å². The lowest BCUT2D eigenvalue weighted by atomic mass is 10.2. The van der Waals surface area contributed by atoms with Crippen molar-refractivity contribution in [1.29, 1.82) is 0 Å². The van der Waals surface area contributed by atoms with Crippen LogP contribution in [-0.4, -0.2) is 18.4 Å². The lowest BCUT2D eigenvalue weighted by Gasteiger charge is -2.09. The molecular weight excluding hydrogens is 306 g/mol. The summed E-state index contributed by atoms with van der Waals surface area (Å²) in [6, 6.07) is 9.56. The van der Waals surface area contributed by atoms with Crippen molar-refractivity contribution >= 4 is 23.2 Å². The second-order valence-electron chi connectivity index (χ2n) is 4.67. The van der Waals surface area contributed by atoms with Crippen LogP contribution in [0.15, 0.2) is 42.5 Å². The smallest absolute Gasteiger partial charge is 0.262 e. The summed E-state index contributed by atoms with van der Waals surface area (Å²) in [5, 5.41) is 5.16. The Morgan fingerprint density at radius 2 is 1.70 bits per heavy atom. The lowest BCUT2D eigenvalue weighted by Crippen LogP contribution is -2.20. The van der Waals surface area contributed by atoms with Crippen LogP contribution in [-0.2, 0) is 9.59 Å². The van der Waals surface area contributed by atoms with Crippen LogP contribution in [0.3, 0.4) is 0 Å². The third-order valence-corrected chi connectivity index (χ3v) is 2.73. The normalized spacial score (nSPS) is 10.0. The van der Waals surface area contributed by atoms with Crippen LogP contribution in [0, 0.1) is 11.6 Å². The predicted molar refractivity (Wildman–Crippen MR) is 81.2 cm³/mol. The molecule has 0 heterocycles. The molecule has 0 unspecified atom stereocenters. The van der Waals surface area contributed by atoms with Gasteiger partial charge in [0.1, 0.15) is 5.75 Å². The Morgan fingerprint density at radius 1 is 1.00 bits per heavy atom. The first-order chi connectivity index (χ1) is 10.9. The summed E-state index contributed by atoms with van der Waals surface area (Å²) >= 11 is 0. The third kappa shape index (κ3) is 5.06. The molecule has 7 heteroatoms. The van der Waals surface area contributed by atoms with Gasteiger partial charge in [-0.1, -0.05) is 6.07 Å². The van der Waals surface area contributed by atoms with Crippen LogP contribution < -0.4 is 15.4 Å². The van der Waals surface area contributed by atoms with E-state index in [2.05, 4.69) is 10.6 Å². The first-order valence-electron chi connectivity index (χ1n) is 6.69. The largest absolute Gasteiger partial charge is 0.484 e. The summed E-state index contributed by atoms with van der Waals surface area (Å²) in [6.07, 6.45) is 0. The first kappa shape index (κ1) is 16.4. The van der Waals surface area contributed by atoms with Crippen molar-refractivity contribution in [1.82, 2.24) is 0 Å². The highest BCUT2D eigenvalue weighted by Crippen LogP contribution is 2.17. The number of carbonyl (C=O) groups excluding carboxylic acids is 2. The number of halogens is 2. The van der Waals surface area contributed by atoms with Gasteiger partial charge in [0.25, 0.3) is 5.91 Å². The SMILES string of the molecule is CC(=O)Nc1cccc(NC(=O)COc2ccc(F)c(F)c2)c1. The number of hydrogen-bond acceptors (Lipinski definition) is 3. The van der Waals surface area contributed by atoms with Gasteiger partial charge >= 0.3 is 0 Å². The van der Waals surface area contributed by atoms with E-state index in [1.807, 2.05) is 0 Å². The highest BCUT2D eigenvalue weighted by atomic mass is 19.2. The van der Waals surface area contributed by atoms with Crippen LogP contribution in [0.1, 0.15) is 6.92 Å². The molecule has 0 saturated carbocycles. The maximum atomic E-state index is 13.0. The molecule has 0 radical (unpaired) electrons. The second kappa shape index (κ2) is 7.35. The van der Waals surface area contributed by atoms with Crippen molar-refractivity contribution in [3.8, 4) is 5.75 Å². The summed E-state index contributed by atoms with van der Waals surface area (Å²) in [6.45, 7) is 1.01. The number of amides is 2. The minimum atomic E-state index is -1.05. The zero-order valence-corrected chi connectivity index (χ0v) is 12.2. The van der Waals surface area contributed by atoms with Gasteiger partial charge in [0.15, 0.2) is 18.2 Å². The van der Waals surface area contributed by atoms with E-state index in [-0.39, 0.29) is 18.3 Å². The number of benzene rings is 2. The van der Waals surface area contributed by atoms with Crippen LogP contribution in [0.5, 0.6) is 5.75 Å². The van der Waals surface area contributed by atoms with Gasteiger partial charge in [0, 0.05) is 24.4 Å². The fraction of sp³-hybridized carbons (Fsp3) is 0.125. The van der Waals surface area contributed by atoms with E-state index in [9.17, 15) is 18.4 Å². The quantitative estimate of drug-likeness (QED) is 0.890. The molecule has 23 heavy (non-hydrogen) atoms. The molecule has 2 rings (SSSR count). The molecule has 2 aromatic carbocycles. The molecule has 0 atom stereocenters. The first-order valence-corrected chi connectivity index (χ1v) is 6.69. The Hall–Kier alpha value is -2.96. The van der Waals surface area contributed by atoms with Crippen molar-refractivity contribution in [2.75, 3.05) is 17.2 Å². The van der Waals surface area contributed by atoms with Gasteiger partial charge in [-0.2, -0.15) is 0 Å². The minimum Gasteiger partial charge on any atom is -0.484 e. The Bertz CT molecular complexity index is 735. The standard InChI is InChI=1S/C16H14F2N2O3/c1-10(21)19-11-3-2-4-12(7-11)20-16(22)9-23-13-5-6-14(17)15(18)8-13/h2-8H,9H2,1H3,(H,19,21)(H,20,22). The Labute approximate surface area is 131 Å². The highest BCUT2D eigenvalue weighted by molar-refractivity contribution is 5.94. The topological polar surface area (TPSA) is 67.4 Å². The van der Waals surface area contributed by atoms with Gasteiger partial charge in [-0.25, -0.2) is 8.78 Å². The van der Waals surface area contributed by atoms with Gasteiger partial charge < -0.3 is 15.4 Å². The molecule has 0 aliphatic carbocycles. The summed E-state index contributed by atoms with van der Waals surface area (Å²) < 4.78 is 30.9. The molecule has 2 amide bonds. The average molecular weight is 320 g/mol. The van der Waals surface area contributed by atoms with Crippen molar-refractivity contribution in [3.05, 3.63) is 54.1 Å². The molecule has 0 bridgehead atoms. The number of anilines is 2. The van der Waals surface area contributed by atoms with E-state index in [4.69, 9.17) is 4.74 Å². The Morgan fingerprint density at radius 3 is 2.35 bits per heavy atom. The monoisotopic (exact) mass is 320 g/mol. The minimum absolute atomic E-state index is 0.0473. The highest BCUT2D eigenvalue weighted by Gasteiger charge is 2.07. The zero-order chi connectivity index (χ0) is 16.8. The number of hydrogen-bond donors (Lipinski definition) is 2. The molecule has 0 aromatic heterocycles. The van der Waals surface area contributed by atoms with Crippen molar-refractivity contribution in [2.24, 2.45) is 0 Å². The summed E-state index contributed by atoms with van der Waals surface area (Å²) in [4.78, 5) is 22.8. The van der Waals surface area contributed by atoms with Crippen molar-refractivity contribution in [3.63, 3.8) is 0 Å². The fourth-order valence-electron chi connectivity index (χ4n) is 1.79. The maximum Gasteiger partial charge on any atom is 0.262 e. The number of rotatable bonds is 5. The molecule has 2 aromatic rings. The van der Waals surface area contributed by atoms with Gasteiger partial charge in [0.05, 0.1) is 0 Å². The molecule has 5 nitrogen and oxygen atoms in total. The van der Waals surface area contributed by atoms with Crippen LogP contribution in [0.4, 0.5) is 20.2 Å². The van der Waals surface area contributed by atoms with Crippen LogP contribution >= 0.6 is 0 Å². The molecule has 0 aliphatic rings. The lowest BCUT2D eigenvalue weighted by molar-refractivity contribution is -0.118. The van der Waals surface area contributed by atoms with E-state index in [0.717, 1.165) is 12.1 Å². The summed E-state index contributed by atoms with van der Waals surface area (Å²) in [5.74, 6) is -2.70. The number of ether oxygens (including phenoxy) is 1.